The van der Waals surface area contributed by atoms with E-state index in [-0.39, 0.29) is 30.0 Å². The van der Waals surface area contributed by atoms with Crippen LogP contribution in [-0.2, 0) is 4.79 Å². The maximum atomic E-state index is 11.0. The molecule has 88 valence electrons. The molecule has 4 nitrogen and oxygen atoms in total. The van der Waals surface area contributed by atoms with Crippen LogP contribution >= 0.6 is 12.4 Å². The fourth-order valence-electron chi connectivity index (χ4n) is 2.01. The number of hydrogen-bond donors (Lipinski definition) is 3. The first kappa shape index (κ1) is 12.8. The van der Waals surface area contributed by atoms with E-state index < -0.39 is 5.97 Å². The topological polar surface area (TPSA) is 69.6 Å². The molecule has 1 heterocycles. The first-order valence-electron chi connectivity index (χ1n) is 4.91. The number of hydrogen-bond acceptors (Lipinski definition) is 3. The molecule has 1 aliphatic rings. The second kappa shape index (κ2) is 5.18. The highest BCUT2D eigenvalue weighted by Gasteiger charge is 2.33. The lowest BCUT2D eigenvalue weighted by Crippen LogP contribution is -2.20. The Kier molecular flexibility index (Phi) is 4.15. The van der Waals surface area contributed by atoms with Crippen LogP contribution in [0, 0.1) is 5.92 Å². The van der Waals surface area contributed by atoms with Crippen LogP contribution in [0.5, 0.6) is 5.75 Å². The molecule has 5 heteroatoms. The highest BCUT2D eigenvalue weighted by molar-refractivity contribution is 5.85. The van der Waals surface area contributed by atoms with E-state index in [2.05, 4.69) is 5.32 Å². The van der Waals surface area contributed by atoms with Gasteiger partial charge in [-0.05, 0) is 17.7 Å². The molecule has 0 aliphatic carbocycles. The smallest absolute Gasteiger partial charge is 0.308 e. The predicted octanol–water partition coefficient (Wildman–Crippen LogP) is 1.20. The summed E-state index contributed by atoms with van der Waals surface area (Å²) in [6, 6.07) is 6.74. The summed E-state index contributed by atoms with van der Waals surface area (Å²) in [4.78, 5) is 11.0. The van der Waals surface area contributed by atoms with Gasteiger partial charge in [-0.1, -0.05) is 12.1 Å². The number of halogens is 1. The molecule has 0 amide bonds. The number of benzene rings is 1. The Morgan fingerprint density at radius 3 is 2.44 bits per heavy atom. The van der Waals surface area contributed by atoms with Gasteiger partial charge in [0.15, 0.2) is 0 Å². The molecule has 1 fully saturated rings. The largest absolute Gasteiger partial charge is 0.508 e. The second-order valence-corrected chi connectivity index (χ2v) is 3.80. The van der Waals surface area contributed by atoms with Crippen LogP contribution < -0.4 is 5.32 Å². The van der Waals surface area contributed by atoms with Gasteiger partial charge in [0.05, 0.1) is 5.92 Å². The van der Waals surface area contributed by atoms with E-state index in [1.807, 2.05) is 0 Å². The predicted molar refractivity (Wildman–Crippen MR) is 62.1 cm³/mol. The molecule has 2 atom stereocenters. The van der Waals surface area contributed by atoms with E-state index in [1.54, 1.807) is 24.3 Å². The van der Waals surface area contributed by atoms with Crippen molar-refractivity contribution in [2.45, 2.75) is 5.92 Å². The lowest BCUT2D eigenvalue weighted by molar-refractivity contribution is -0.141. The first-order chi connectivity index (χ1) is 7.18. The van der Waals surface area contributed by atoms with Crippen molar-refractivity contribution in [1.82, 2.24) is 5.32 Å². The zero-order valence-electron chi connectivity index (χ0n) is 8.59. The SMILES string of the molecule is Cl.O=C(O)C1CNCC1c1ccc(O)cc1. The second-order valence-electron chi connectivity index (χ2n) is 3.80. The summed E-state index contributed by atoms with van der Waals surface area (Å²) in [6.07, 6.45) is 0. The fraction of sp³-hybridized carbons (Fsp3) is 0.364. The summed E-state index contributed by atoms with van der Waals surface area (Å²) < 4.78 is 0. The summed E-state index contributed by atoms with van der Waals surface area (Å²) in [6.45, 7) is 1.20. The van der Waals surface area contributed by atoms with Crippen molar-refractivity contribution < 1.29 is 15.0 Å². The number of carboxylic acids is 1. The number of phenols is 1. The molecule has 0 saturated carbocycles. The summed E-state index contributed by atoms with van der Waals surface area (Å²) in [7, 11) is 0. The monoisotopic (exact) mass is 243 g/mol. The molecule has 1 aromatic carbocycles. The van der Waals surface area contributed by atoms with Gasteiger partial charge in [-0.2, -0.15) is 0 Å². The average Bonchev–Trinajstić information content (AvgIpc) is 2.67. The van der Waals surface area contributed by atoms with Crippen molar-refractivity contribution in [2.75, 3.05) is 13.1 Å². The molecule has 1 aliphatic heterocycles. The van der Waals surface area contributed by atoms with Crippen molar-refractivity contribution in [3.05, 3.63) is 29.8 Å². The molecular weight excluding hydrogens is 230 g/mol. The van der Waals surface area contributed by atoms with Gasteiger partial charge in [0.1, 0.15) is 5.75 Å². The molecule has 2 rings (SSSR count). The number of rotatable bonds is 2. The van der Waals surface area contributed by atoms with Crippen LogP contribution in [0.2, 0.25) is 0 Å². The number of phenolic OH excluding ortho intramolecular Hbond substituents is 1. The van der Waals surface area contributed by atoms with E-state index in [1.165, 1.54) is 0 Å². The zero-order valence-corrected chi connectivity index (χ0v) is 9.41. The highest BCUT2D eigenvalue weighted by Crippen LogP contribution is 2.29. The van der Waals surface area contributed by atoms with E-state index in [9.17, 15) is 4.79 Å². The minimum absolute atomic E-state index is 0. The number of carbonyl (C=O) groups is 1. The number of aliphatic carboxylic acids is 1. The molecule has 0 spiro atoms. The van der Waals surface area contributed by atoms with Crippen molar-refractivity contribution >= 4 is 18.4 Å². The van der Waals surface area contributed by atoms with Crippen molar-refractivity contribution in [2.24, 2.45) is 5.92 Å². The minimum atomic E-state index is -0.766. The molecule has 0 radical (unpaired) electrons. The van der Waals surface area contributed by atoms with Gasteiger partial charge in [0.25, 0.3) is 0 Å². The van der Waals surface area contributed by atoms with E-state index in [0.29, 0.717) is 13.1 Å². The molecule has 1 saturated heterocycles. The zero-order chi connectivity index (χ0) is 10.8. The summed E-state index contributed by atoms with van der Waals surface area (Å²) in [5.41, 5.74) is 0.963. The van der Waals surface area contributed by atoms with Crippen LogP contribution in [0.4, 0.5) is 0 Å². The maximum absolute atomic E-state index is 11.0. The lowest BCUT2D eigenvalue weighted by atomic mass is 9.89. The van der Waals surface area contributed by atoms with Crippen LogP contribution in [-0.4, -0.2) is 29.3 Å². The average molecular weight is 244 g/mol. The van der Waals surface area contributed by atoms with Gasteiger partial charge in [-0.15, -0.1) is 12.4 Å². The standard InChI is InChI=1S/C11H13NO3.ClH/c13-8-3-1-7(2-4-8)9-5-12-6-10(9)11(14)15;/h1-4,9-10,12-13H,5-6H2,(H,14,15);1H. The number of carboxylic acid groups (broad SMARTS) is 1. The normalized spacial score (nSPS) is 23.8. The molecule has 3 N–H and O–H groups in total. The Morgan fingerprint density at radius 1 is 1.25 bits per heavy atom. The van der Waals surface area contributed by atoms with E-state index in [0.717, 1.165) is 5.56 Å². The Hall–Kier alpha value is -1.26. The van der Waals surface area contributed by atoms with Gasteiger partial charge < -0.3 is 15.5 Å². The minimum Gasteiger partial charge on any atom is -0.508 e. The van der Waals surface area contributed by atoms with Crippen molar-refractivity contribution in [3.8, 4) is 5.75 Å². The van der Waals surface area contributed by atoms with Gasteiger partial charge in [0.2, 0.25) is 0 Å². The van der Waals surface area contributed by atoms with Crippen LogP contribution in [0.15, 0.2) is 24.3 Å². The Morgan fingerprint density at radius 2 is 1.88 bits per heavy atom. The third-order valence-corrected chi connectivity index (χ3v) is 2.85. The number of nitrogens with one attached hydrogen (secondary N) is 1. The molecular formula is C11H14ClNO3. The summed E-state index contributed by atoms with van der Waals surface area (Å²) in [5.74, 6) is -0.924. The fourth-order valence-corrected chi connectivity index (χ4v) is 2.01. The van der Waals surface area contributed by atoms with Gasteiger partial charge in [0, 0.05) is 19.0 Å². The van der Waals surface area contributed by atoms with Crippen LogP contribution in [0.3, 0.4) is 0 Å². The number of aromatic hydroxyl groups is 1. The molecule has 2 unspecified atom stereocenters. The van der Waals surface area contributed by atoms with Gasteiger partial charge >= 0.3 is 5.97 Å². The molecule has 0 bridgehead atoms. The Bertz CT molecular complexity index is 366. The van der Waals surface area contributed by atoms with Crippen LogP contribution in [0.1, 0.15) is 11.5 Å². The third kappa shape index (κ3) is 2.46. The lowest BCUT2D eigenvalue weighted by Gasteiger charge is -2.14. The van der Waals surface area contributed by atoms with E-state index >= 15 is 0 Å². The maximum Gasteiger partial charge on any atom is 0.308 e. The van der Waals surface area contributed by atoms with Crippen molar-refractivity contribution in [1.29, 1.82) is 0 Å². The Labute approximate surface area is 99.7 Å². The molecule has 0 aromatic heterocycles. The highest BCUT2D eigenvalue weighted by atomic mass is 35.5. The Balaban J connectivity index is 0.00000128. The van der Waals surface area contributed by atoms with Crippen molar-refractivity contribution in [3.63, 3.8) is 0 Å². The summed E-state index contributed by atoms with van der Waals surface area (Å²) in [5, 5.41) is 21.2. The molecule has 1 aromatic rings. The molecule has 16 heavy (non-hydrogen) atoms. The first-order valence-corrected chi connectivity index (χ1v) is 4.91. The summed E-state index contributed by atoms with van der Waals surface area (Å²) >= 11 is 0. The third-order valence-electron chi connectivity index (χ3n) is 2.85. The van der Waals surface area contributed by atoms with Crippen LogP contribution in [0.25, 0.3) is 0 Å². The van der Waals surface area contributed by atoms with E-state index in [4.69, 9.17) is 10.2 Å². The van der Waals surface area contributed by atoms with Gasteiger partial charge in [-0.25, -0.2) is 0 Å². The quantitative estimate of drug-likeness (QED) is 0.730. The van der Waals surface area contributed by atoms with Gasteiger partial charge in [-0.3, -0.25) is 4.79 Å².